The molecule has 3 rings (SSSR count). The monoisotopic (exact) mass is 307 g/mol. The standard InChI is InChI=1S/C19H21N3O/c1-13-18(23)22(4)21-17(19(13,2)3)16-7-5-14(6-8-16)15-9-11-20-12-10-15/h5-13H,1-4H3. The Balaban J connectivity index is 1.99. The fourth-order valence-electron chi connectivity index (χ4n) is 2.92. The molecule has 0 saturated heterocycles. The maximum Gasteiger partial charge on any atom is 0.246 e. The van der Waals surface area contributed by atoms with Crippen LogP contribution in [0.25, 0.3) is 11.1 Å². The van der Waals surface area contributed by atoms with Gasteiger partial charge in [0.25, 0.3) is 0 Å². The maximum absolute atomic E-state index is 12.2. The first-order chi connectivity index (χ1) is 10.9. The predicted octanol–water partition coefficient (Wildman–Crippen LogP) is 3.59. The van der Waals surface area contributed by atoms with Crippen LogP contribution in [0.4, 0.5) is 0 Å². The zero-order valence-corrected chi connectivity index (χ0v) is 13.9. The van der Waals surface area contributed by atoms with Crippen molar-refractivity contribution in [3.05, 3.63) is 54.4 Å². The molecule has 1 aliphatic rings. The van der Waals surface area contributed by atoms with Gasteiger partial charge in [0.1, 0.15) is 0 Å². The SMILES string of the molecule is CC1C(=O)N(C)N=C(c2ccc(-c3ccncc3)cc2)C1(C)C. The Morgan fingerprint density at radius 2 is 1.48 bits per heavy atom. The molecule has 0 radical (unpaired) electrons. The summed E-state index contributed by atoms with van der Waals surface area (Å²) in [6, 6.07) is 12.3. The molecule has 1 unspecified atom stereocenters. The van der Waals surface area contributed by atoms with Crippen molar-refractivity contribution in [3.63, 3.8) is 0 Å². The molecule has 23 heavy (non-hydrogen) atoms. The maximum atomic E-state index is 12.2. The van der Waals surface area contributed by atoms with Crippen LogP contribution < -0.4 is 0 Å². The number of benzene rings is 1. The average molecular weight is 307 g/mol. The Hall–Kier alpha value is -2.49. The molecule has 2 aromatic rings. The lowest BCUT2D eigenvalue weighted by Gasteiger charge is -2.38. The van der Waals surface area contributed by atoms with E-state index in [9.17, 15) is 4.79 Å². The third-order valence-corrected chi connectivity index (χ3v) is 4.80. The highest BCUT2D eigenvalue weighted by Gasteiger charge is 2.42. The van der Waals surface area contributed by atoms with E-state index in [1.54, 1.807) is 19.4 Å². The summed E-state index contributed by atoms with van der Waals surface area (Å²) in [4.78, 5) is 16.2. The van der Waals surface area contributed by atoms with E-state index in [0.29, 0.717) is 0 Å². The van der Waals surface area contributed by atoms with E-state index >= 15 is 0 Å². The number of nitrogens with zero attached hydrogens (tertiary/aromatic N) is 3. The molecule has 4 heteroatoms. The van der Waals surface area contributed by atoms with Gasteiger partial charge in [-0.05, 0) is 28.8 Å². The number of hydrogen-bond donors (Lipinski definition) is 0. The van der Waals surface area contributed by atoms with Gasteiger partial charge in [-0.15, -0.1) is 0 Å². The van der Waals surface area contributed by atoms with Crippen LogP contribution in [-0.4, -0.2) is 28.7 Å². The van der Waals surface area contributed by atoms with Crippen LogP contribution >= 0.6 is 0 Å². The van der Waals surface area contributed by atoms with Crippen molar-refractivity contribution in [3.8, 4) is 11.1 Å². The van der Waals surface area contributed by atoms with Crippen molar-refractivity contribution in [2.24, 2.45) is 16.4 Å². The first kappa shape index (κ1) is 15.4. The number of aromatic nitrogens is 1. The van der Waals surface area contributed by atoms with E-state index in [-0.39, 0.29) is 17.2 Å². The van der Waals surface area contributed by atoms with Gasteiger partial charge < -0.3 is 0 Å². The third kappa shape index (κ3) is 2.65. The summed E-state index contributed by atoms with van der Waals surface area (Å²) in [5.41, 5.74) is 3.99. The van der Waals surface area contributed by atoms with Crippen LogP contribution in [0.15, 0.2) is 53.9 Å². The van der Waals surface area contributed by atoms with Gasteiger partial charge in [0, 0.05) is 30.8 Å². The molecule has 1 amide bonds. The first-order valence-electron chi connectivity index (χ1n) is 7.79. The second kappa shape index (κ2) is 5.61. The normalized spacial score (nSPS) is 20.3. The van der Waals surface area contributed by atoms with E-state index in [4.69, 9.17) is 0 Å². The molecule has 4 nitrogen and oxygen atoms in total. The fraction of sp³-hybridized carbons (Fsp3) is 0.316. The molecule has 1 atom stereocenters. The quantitative estimate of drug-likeness (QED) is 0.851. The van der Waals surface area contributed by atoms with Gasteiger partial charge in [-0.25, -0.2) is 5.01 Å². The highest BCUT2D eigenvalue weighted by atomic mass is 16.2. The second-order valence-corrected chi connectivity index (χ2v) is 6.57. The summed E-state index contributed by atoms with van der Waals surface area (Å²) in [5, 5.41) is 5.99. The average Bonchev–Trinajstić information content (AvgIpc) is 2.58. The van der Waals surface area contributed by atoms with Crippen molar-refractivity contribution >= 4 is 11.6 Å². The molecule has 0 fully saturated rings. The van der Waals surface area contributed by atoms with Gasteiger partial charge in [-0.1, -0.05) is 45.0 Å². The first-order valence-corrected chi connectivity index (χ1v) is 7.79. The third-order valence-electron chi connectivity index (χ3n) is 4.80. The van der Waals surface area contributed by atoms with Crippen LogP contribution in [0.2, 0.25) is 0 Å². The van der Waals surface area contributed by atoms with E-state index in [0.717, 1.165) is 22.4 Å². The lowest BCUT2D eigenvalue weighted by Crippen LogP contribution is -2.47. The highest BCUT2D eigenvalue weighted by Crippen LogP contribution is 2.36. The molecule has 0 aliphatic carbocycles. The lowest BCUT2D eigenvalue weighted by molar-refractivity contribution is -0.137. The zero-order chi connectivity index (χ0) is 16.6. The molecule has 0 bridgehead atoms. The Morgan fingerprint density at radius 1 is 0.957 bits per heavy atom. The van der Waals surface area contributed by atoms with Crippen LogP contribution in [0, 0.1) is 11.3 Å². The Bertz CT molecular complexity index is 748. The van der Waals surface area contributed by atoms with Crippen molar-refractivity contribution < 1.29 is 4.79 Å². The Labute approximate surface area is 136 Å². The Kier molecular flexibility index (Phi) is 3.76. The molecular formula is C19H21N3O. The number of pyridine rings is 1. The highest BCUT2D eigenvalue weighted by molar-refractivity contribution is 6.08. The van der Waals surface area contributed by atoms with Crippen molar-refractivity contribution in [2.45, 2.75) is 20.8 Å². The van der Waals surface area contributed by atoms with Gasteiger partial charge in [-0.3, -0.25) is 9.78 Å². The zero-order valence-electron chi connectivity index (χ0n) is 13.9. The minimum absolute atomic E-state index is 0.0622. The van der Waals surface area contributed by atoms with Gasteiger partial charge in [0.05, 0.1) is 5.71 Å². The number of carbonyl (C=O) groups excluding carboxylic acids is 1. The summed E-state index contributed by atoms with van der Waals surface area (Å²) in [6.45, 7) is 6.13. The van der Waals surface area contributed by atoms with Gasteiger partial charge in [0.2, 0.25) is 5.91 Å². The summed E-state index contributed by atoms with van der Waals surface area (Å²) in [6.07, 6.45) is 3.58. The van der Waals surface area contributed by atoms with Crippen LogP contribution in [-0.2, 0) is 4.79 Å². The number of carbonyl (C=O) groups is 1. The summed E-state index contributed by atoms with van der Waals surface area (Å²) in [5.74, 6) is -0.0352. The Morgan fingerprint density at radius 3 is 2.09 bits per heavy atom. The molecular weight excluding hydrogens is 286 g/mol. The van der Waals surface area contributed by atoms with Crippen LogP contribution in [0.5, 0.6) is 0 Å². The number of hydrogen-bond acceptors (Lipinski definition) is 3. The molecule has 2 heterocycles. The van der Waals surface area contributed by atoms with Gasteiger partial charge in [0.15, 0.2) is 0 Å². The smallest absolute Gasteiger partial charge is 0.246 e. The minimum atomic E-state index is -0.290. The summed E-state index contributed by atoms with van der Waals surface area (Å²) in [7, 11) is 1.72. The van der Waals surface area contributed by atoms with Crippen molar-refractivity contribution in [1.29, 1.82) is 0 Å². The van der Waals surface area contributed by atoms with E-state index in [1.807, 2.05) is 19.1 Å². The summed E-state index contributed by atoms with van der Waals surface area (Å²) >= 11 is 0. The van der Waals surface area contributed by atoms with Crippen molar-refractivity contribution in [2.75, 3.05) is 7.05 Å². The number of rotatable bonds is 2. The molecule has 0 saturated carbocycles. The molecule has 118 valence electrons. The minimum Gasteiger partial charge on any atom is -0.273 e. The second-order valence-electron chi connectivity index (χ2n) is 6.57. The largest absolute Gasteiger partial charge is 0.273 e. The molecule has 1 aliphatic heterocycles. The topological polar surface area (TPSA) is 45.6 Å². The molecule has 1 aromatic heterocycles. The van der Waals surface area contributed by atoms with Gasteiger partial charge >= 0.3 is 0 Å². The number of amides is 1. The molecule has 1 aromatic carbocycles. The van der Waals surface area contributed by atoms with Crippen LogP contribution in [0.1, 0.15) is 26.3 Å². The number of hydrazone groups is 1. The predicted molar refractivity (Wildman–Crippen MR) is 91.9 cm³/mol. The molecule has 0 N–H and O–H groups in total. The van der Waals surface area contributed by atoms with Crippen LogP contribution in [0.3, 0.4) is 0 Å². The van der Waals surface area contributed by atoms with E-state index in [1.165, 1.54) is 5.01 Å². The van der Waals surface area contributed by atoms with E-state index < -0.39 is 0 Å². The fourth-order valence-corrected chi connectivity index (χ4v) is 2.92. The summed E-state index contributed by atoms with van der Waals surface area (Å²) < 4.78 is 0. The van der Waals surface area contributed by atoms with Gasteiger partial charge in [-0.2, -0.15) is 5.10 Å². The van der Waals surface area contributed by atoms with Crippen molar-refractivity contribution in [1.82, 2.24) is 9.99 Å². The lowest BCUT2D eigenvalue weighted by atomic mass is 9.72. The molecule has 0 spiro atoms. The van der Waals surface area contributed by atoms with E-state index in [2.05, 4.69) is 48.2 Å².